The third-order valence-corrected chi connectivity index (χ3v) is 4.87. The molecule has 0 spiro atoms. The number of ketones is 1. The Morgan fingerprint density at radius 2 is 1.77 bits per heavy atom. The molecule has 2 rings (SSSR count). The quantitative estimate of drug-likeness (QED) is 0.423. The van der Waals surface area contributed by atoms with E-state index in [0.717, 1.165) is 5.56 Å². The highest BCUT2D eigenvalue weighted by Crippen LogP contribution is 2.31. The molecule has 166 valence electrons. The Labute approximate surface area is 186 Å². The van der Waals surface area contributed by atoms with Gasteiger partial charge in [-0.2, -0.15) is 0 Å². The van der Waals surface area contributed by atoms with Crippen LogP contribution in [0.5, 0.6) is 11.5 Å². The minimum atomic E-state index is -1.05. The van der Waals surface area contributed by atoms with Crippen molar-refractivity contribution in [2.24, 2.45) is 0 Å². The van der Waals surface area contributed by atoms with E-state index in [1.807, 2.05) is 6.92 Å². The van der Waals surface area contributed by atoms with Crippen LogP contribution in [0.15, 0.2) is 36.4 Å². The number of hydrogen-bond acceptors (Lipinski definition) is 6. The monoisotopic (exact) mass is 447 g/mol. The van der Waals surface area contributed by atoms with Crippen molar-refractivity contribution in [2.45, 2.75) is 39.7 Å². The highest BCUT2D eigenvalue weighted by Gasteiger charge is 2.20. The molecule has 0 aromatic heterocycles. The summed E-state index contributed by atoms with van der Waals surface area (Å²) in [5.74, 6) is -0.292. The van der Waals surface area contributed by atoms with E-state index in [9.17, 15) is 14.4 Å². The lowest BCUT2D eigenvalue weighted by atomic mass is 10.1. The Morgan fingerprint density at radius 3 is 2.39 bits per heavy atom. The first-order valence-electron chi connectivity index (χ1n) is 9.85. The molecule has 0 radical (unpaired) electrons. The second kappa shape index (κ2) is 11.4. The summed E-state index contributed by atoms with van der Waals surface area (Å²) >= 11 is 6.06. The average molecular weight is 448 g/mol. The lowest BCUT2D eigenvalue weighted by molar-refractivity contribution is -0.153. The summed E-state index contributed by atoms with van der Waals surface area (Å²) in [7, 11) is 1.46. The maximum atomic E-state index is 12.4. The van der Waals surface area contributed by atoms with E-state index in [1.54, 1.807) is 43.3 Å². The van der Waals surface area contributed by atoms with Gasteiger partial charge in [0.1, 0.15) is 11.5 Å². The van der Waals surface area contributed by atoms with Crippen molar-refractivity contribution in [2.75, 3.05) is 19.0 Å². The number of anilines is 1. The molecule has 0 heterocycles. The number of ether oxygens (including phenoxy) is 3. The molecule has 7 nitrogen and oxygen atoms in total. The van der Waals surface area contributed by atoms with Gasteiger partial charge in [0.15, 0.2) is 11.9 Å². The largest absolute Gasteiger partial charge is 0.495 e. The summed E-state index contributed by atoms with van der Waals surface area (Å²) in [6, 6.07) is 9.97. The second-order valence-corrected chi connectivity index (χ2v) is 7.21. The number of Topliss-reactive ketones (excluding diaryl/α,β-unsaturated/α-hetero) is 1. The van der Waals surface area contributed by atoms with Gasteiger partial charge in [0.2, 0.25) is 0 Å². The molecule has 2 aromatic rings. The normalized spacial score (nSPS) is 11.4. The fraction of sp³-hybridized carbons (Fsp3) is 0.348. The molecule has 0 aliphatic rings. The maximum Gasteiger partial charge on any atom is 0.307 e. The Kier molecular flexibility index (Phi) is 8.88. The molecule has 1 atom stereocenters. The van der Waals surface area contributed by atoms with Crippen molar-refractivity contribution in [3.05, 3.63) is 52.5 Å². The summed E-state index contributed by atoms with van der Waals surface area (Å²) in [6.45, 7) is 5.66. The number of nitrogens with one attached hydrogen (secondary N) is 1. The topological polar surface area (TPSA) is 90.9 Å². The number of carbonyl (C=O) groups excluding carboxylic acids is 3. The molecule has 1 N–H and O–H groups in total. The van der Waals surface area contributed by atoms with Crippen LogP contribution in [0.1, 0.15) is 42.6 Å². The van der Waals surface area contributed by atoms with Crippen molar-refractivity contribution in [1.29, 1.82) is 0 Å². The van der Waals surface area contributed by atoms with Gasteiger partial charge < -0.3 is 19.5 Å². The molecule has 0 saturated carbocycles. The fourth-order valence-electron chi connectivity index (χ4n) is 2.74. The number of carbonyl (C=O) groups is 3. The molecule has 0 bridgehead atoms. The van der Waals surface area contributed by atoms with Crippen molar-refractivity contribution in [1.82, 2.24) is 0 Å². The van der Waals surface area contributed by atoms with Gasteiger partial charge in [0.05, 0.1) is 25.8 Å². The molecule has 1 amide bonds. The molecule has 0 aliphatic heterocycles. The number of rotatable bonds is 10. The Morgan fingerprint density at radius 1 is 1.10 bits per heavy atom. The van der Waals surface area contributed by atoms with Crippen molar-refractivity contribution >= 4 is 34.9 Å². The van der Waals surface area contributed by atoms with Crippen LogP contribution in [0, 0.1) is 6.92 Å². The number of esters is 1. The fourth-order valence-corrected chi connectivity index (χ4v) is 2.89. The maximum absolute atomic E-state index is 12.4. The van der Waals surface area contributed by atoms with Crippen LogP contribution in [0.4, 0.5) is 5.69 Å². The zero-order chi connectivity index (χ0) is 23.0. The number of hydrogen-bond donors (Lipinski definition) is 1. The summed E-state index contributed by atoms with van der Waals surface area (Å²) < 4.78 is 15.7. The van der Waals surface area contributed by atoms with E-state index in [2.05, 4.69) is 5.32 Å². The van der Waals surface area contributed by atoms with E-state index < -0.39 is 18.0 Å². The molecule has 0 saturated heterocycles. The Bertz CT molecular complexity index is 942. The number of amides is 1. The van der Waals surface area contributed by atoms with E-state index in [-0.39, 0.29) is 18.6 Å². The predicted molar refractivity (Wildman–Crippen MR) is 118 cm³/mol. The van der Waals surface area contributed by atoms with Crippen LogP contribution in [0.25, 0.3) is 0 Å². The van der Waals surface area contributed by atoms with Crippen LogP contribution in [-0.4, -0.2) is 37.5 Å². The smallest absolute Gasteiger partial charge is 0.307 e. The number of benzene rings is 2. The minimum absolute atomic E-state index is 0.0225. The van der Waals surface area contributed by atoms with Gasteiger partial charge in [-0.05, 0) is 56.7 Å². The molecule has 1 unspecified atom stereocenters. The van der Waals surface area contributed by atoms with Crippen molar-refractivity contribution in [3.8, 4) is 11.5 Å². The zero-order valence-electron chi connectivity index (χ0n) is 18.0. The molecule has 0 aliphatic carbocycles. The predicted octanol–water partition coefficient (Wildman–Crippen LogP) is 4.59. The van der Waals surface area contributed by atoms with Crippen molar-refractivity contribution < 1.29 is 28.6 Å². The SMILES string of the molecule is CCOc1ccc(C(=O)CCC(=O)OC(C)C(=O)Nc2cc(C)c(Cl)cc2OC)cc1. The second-order valence-electron chi connectivity index (χ2n) is 6.80. The van der Waals surface area contributed by atoms with Gasteiger partial charge in [-0.3, -0.25) is 14.4 Å². The van der Waals surface area contributed by atoms with Gasteiger partial charge in [0, 0.05) is 23.1 Å². The van der Waals surface area contributed by atoms with Gasteiger partial charge in [-0.1, -0.05) is 11.6 Å². The van der Waals surface area contributed by atoms with Crippen LogP contribution in [-0.2, 0) is 14.3 Å². The van der Waals surface area contributed by atoms with Gasteiger partial charge in [-0.25, -0.2) is 0 Å². The van der Waals surface area contributed by atoms with E-state index >= 15 is 0 Å². The zero-order valence-corrected chi connectivity index (χ0v) is 18.7. The first-order chi connectivity index (χ1) is 14.7. The van der Waals surface area contributed by atoms with Crippen LogP contribution in [0.2, 0.25) is 5.02 Å². The van der Waals surface area contributed by atoms with E-state index in [0.29, 0.717) is 34.4 Å². The average Bonchev–Trinajstić information content (AvgIpc) is 2.75. The number of methoxy groups -OCH3 is 1. The minimum Gasteiger partial charge on any atom is -0.495 e. The first kappa shape index (κ1) is 24.2. The van der Waals surface area contributed by atoms with Gasteiger partial charge >= 0.3 is 5.97 Å². The van der Waals surface area contributed by atoms with Gasteiger partial charge in [-0.15, -0.1) is 0 Å². The molecule has 2 aromatic carbocycles. The summed E-state index contributed by atoms with van der Waals surface area (Å²) in [6.07, 6.45) is -1.20. The highest BCUT2D eigenvalue weighted by molar-refractivity contribution is 6.31. The molecular formula is C23H26ClNO6. The standard InChI is InChI=1S/C23H26ClNO6/c1-5-30-17-8-6-16(7-9-17)20(26)10-11-22(27)31-15(3)23(28)25-19-12-14(2)18(24)13-21(19)29-4/h6-9,12-13,15H,5,10-11H2,1-4H3,(H,25,28). The van der Waals surface area contributed by atoms with E-state index in [4.69, 9.17) is 25.8 Å². The number of halogens is 1. The summed E-state index contributed by atoms with van der Waals surface area (Å²) in [5, 5.41) is 3.17. The highest BCUT2D eigenvalue weighted by atomic mass is 35.5. The Balaban J connectivity index is 1.87. The van der Waals surface area contributed by atoms with E-state index in [1.165, 1.54) is 14.0 Å². The van der Waals surface area contributed by atoms with Crippen LogP contribution >= 0.6 is 11.6 Å². The van der Waals surface area contributed by atoms with Crippen molar-refractivity contribution in [3.63, 3.8) is 0 Å². The van der Waals surface area contributed by atoms with Crippen LogP contribution in [0.3, 0.4) is 0 Å². The Hall–Kier alpha value is -3.06. The third-order valence-electron chi connectivity index (χ3n) is 4.46. The molecule has 8 heteroatoms. The lowest BCUT2D eigenvalue weighted by Gasteiger charge is -2.16. The summed E-state index contributed by atoms with van der Waals surface area (Å²) in [4.78, 5) is 36.7. The number of aryl methyl sites for hydroxylation is 1. The van der Waals surface area contributed by atoms with Gasteiger partial charge in [0.25, 0.3) is 5.91 Å². The molecule has 0 fully saturated rings. The molecular weight excluding hydrogens is 422 g/mol. The molecule has 31 heavy (non-hydrogen) atoms. The summed E-state index contributed by atoms with van der Waals surface area (Å²) in [5.41, 5.74) is 1.66. The van der Waals surface area contributed by atoms with Crippen LogP contribution < -0.4 is 14.8 Å². The lowest BCUT2D eigenvalue weighted by Crippen LogP contribution is -2.30. The third kappa shape index (κ3) is 7.00. The first-order valence-corrected chi connectivity index (χ1v) is 10.2.